The van der Waals surface area contributed by atoms with Gasteiger partial charge in [0, 0.05) is 32.3 Å². The van der Waals surface area contributed by atoms with E-state index < -0.39 is 0 Å². The second kappa shape index (κ2) is 7.84. The molecular weight excluding hydrogens is 284 g/mol. The largest absolute Gasteiger partial charge is 0.375 e. The Hall–Kier alpha value is -2.02. The van der Waals surface area contributed by atoms with E-state index in [0.29, 0.717) is 32.5 Å². The van der Waals surface area contributed by atoms with Gasteiger partial charge in [-0.3, -0.25) is 19.6 Å². The topological polar surface area (TPSA) is 84.4 Å². The van der Waals surface area contributed by atoms with Gasteiger partial charge in [0.25, 0.3) is 0 Å². The molecule has 120 valence electrons. The quantitative estimate of drug-likeness (QED) is 0.845. The van der Waals surface area contributed by atoms with E-state index in [1.165, 1.54) is 7.11 Å². The van der Waals surface area contributed by atoms with Gasteiger partial charge in [0.15, 0.2) is 0 Å². The lowest BCUT2D eigenvalue weighted by atomic mass is 9.96. The fraction of sp³-hybridized carbons (Fsp3) is 0.600. The maximum absolute atomic E-state index is 12.2. The molecule has 2 rings (SSSR count). The Morgan fingerprint density at radius 1 is 1.32 bits per heavy atom. The number of likely N-dealkylation sites (tertiary alicyclic amines) is 1. The van der Waals surface area contributed by atoms with Crippen LogP contribution in [0, 0.1) is 12.8 Å². The molecule has 0 atom stereocenters. The number of hydrogen-bond donors (Lipinski definition) is 1. The Kier molecular flexibility index (Phi) is 5.83. The van der Waals surface area contributed by atoms with Crippen molar-refractivity contribution in [3.05, 3.63) is 23.8 Å². The number of carbonyl (C=O) groups excluding carboxylic acids is 2. The Balaban J connectivity index is 1.75. The molecule has 1 fully saturated rings. The van der Waals surface area contributed by atoms with E-state index in [2.05, 4.69) is 15.3 Å². The third-order valence-corrected chi connectivity index (χ3v) is 3.76. The Labute approximate surface area is 130 Å². The van der Waals surface area contributed by atoms with Crippen LogP contribution in [0.4, 0.5) is 0 Å². The zero-order chi connectivity index (χ0) is 15.9. The van der Waals surface area contributed by atoms with Crippen molar-refractivity contribution in [2.24, 2.45) is 5.92 Å². The maximum atomic E-state index is 12.2. The molecule has 0 unspecified atom stereocenters. The summed E-state index contributed by atoms with van der Waals surface area (Å²) in [7, 11) is 1.51. The number of nitrogens with one attached hydrogen (secondary N) is 1. The molecule has 1 aromatic rings. The van der Waals surface area contributed by atoms with Gasteiger partial charge >= 0.3 is 0 Å². The third-order valence-electron chi connectivity index (χ3n) is 3.76. The lowest BCUT2D eigenvalue weighted by Crippen LogP contribution is -2.44. The van der Waals surface area contributed by atoms with Crippen LogP contribution in [0.5, 0.6) is 0 Å². The summed E-state index contributed by atoms with van der Waals surface area (Å²) in [6.45, 7) is 3.56. The molecule has 1 N–H and O–H groups in total. The molecule has 1 aliphatic rings. The minimum Gasteiger partial charge on any atom is -0.375 e. The molecule has 0 spiro atoms. The SMILES string of the molecule is COCC(=O)N1CCC(C(=O)NCc2cnc(C)cn2)CC1. The number of carbonyl (C=O) groups is 2. The number of ether oxygens (including phenoxy) is 1. The van der Waals surface area contributed by atoms with Gasteiger partial charge in [0.2, 0.25) is 11.8 Å². The zero-order valence-electron chi connectivity index (χ0n) is 13.0. The van der Waals surface area contributed by atoms with Gasteiger partial charge in [-0.2, -0.15) is 0 Å². The van der Waals surface area contributed by atoms with Crippen LogP contribution in [-0.2, 0) is 20.9 Å². The molecule has 0 saturated carbocycles. The third kappa shape index (κ3) is 4.49. The average molecular weight is 306 g/mol. The first-order valence-corrected chi connectivity index (χ1v) is 7.42. The van der Waals surface area contributed by atoms with Gasteiger partial charge < -0.3 is 15.0 Å². The van der Waals surface area contributed by atoms with Gasteiger partial charge in [0.1, 0.15) is 6.61 Å². The van der Waals surface area contributed by atoms with Crippen molar-refractivity contribution in [1.29, 1.82) is 0 Å². The van der Waals surface area contributed by atoms with Crippen molar-refractivity contribution < 1.29 is 14.3 Å². The van der Waals surface area contributed by atoms with Gasteiger partial charge in [-0.25, -0.2) is 0 Å². The van der Waals surface area contributed by atoms with Crippen LogP contribution in [0.1, 0.15) is 24.2 Å². The lowest BCUT2D eigenvalue weighted by Gasteiger charge is -2.31. The van der Waals surface area contributed by atoms with Crippen molar-refractivity contribution in [3.63, 3.8) is 0 Å². The van der Waals surface area contributed by atoms with E-state index in [9.17, 15) is 9.59 Å². The van der Waals surface area contributed by atoms with E-state index >= 15 is 0 Å². The Morgan fingerprint density at radius 3 is 2.64 bits per heavy atom. The van der Waals surface area contributed by atoms with Crippen LogP contribution >= 0.6 is 0 Å². The number of aryl methyl sites for hydroxylation is 1. The van der Waals surface area contributed by atoms with Crippen LogP contribution in [-0.4, -0.2) is 53.5 Å². The molecule has 1 aromatic heterocycles. The summed E-state index contributed by atoms with van der Waals surface area (Å²) in [4.78, 5) is 34.0. The van der Waals surface area contributed by atoms with E-state index in [1.54, 1.807) is 17.3 Å². The number of rotatable bonds is 5. The van der Waals surface area contributed by atoms with Crippen molar-refractivity contribution in [1.82, 2.24) is 20.2 Å². The number of aromatic nitrogens is 2. The summed E-state index contributed by atoms with van der Waals surface area (Å²) in [5.74, 6) is -0.0532. The molecule has 0 aliphatic carbocycles. The smallest absolute Gasteiger partial charge is 0.248 e. The number of piperidine rings is 1. The van der Waals surface area contributed by atoms with E-state index in [1.807, 2.05) is 6.92 Å². The molecule has 0 bridgehead atoms. The summed E-state index contributed by atoms with van der Waals surface area (Å²) in [6, 6.07) is 0. The number of amides is 2. The molecule has 0 aromatic carbocycles. The van der Waals surface area contributed by atoms with Crippen LogP contribution in [0.15, 0.2) is 12.4 Å². The highest BCUT2D eigenvalue weighted by Crippen LogP contribution is 2.17. The zero-order valence-corrected chi connectivity index (χ0v) is 13.0. The minimum atomic E-state index is -0.0509. The molecule has 0 radical (unpaired) electrons. The first-order valence-electron chi connectivity index (χ1n) is 7.42. The van der Waals surface area contributed by atoms with E-state index in [4.69, 9.17) is 4.74 Å². The Morgan fingerprint density at radius 2 is 2.05 bits per heavy atom. The lowest BCUT2D eigenvalue weighted by molar-refractivity contribution is -0.138. The van der Waals surface area contributed by atoms with Crippen molar-refractivity contribution in [2.75, 3.05) is 26.8 Å². The van der Waals surface area contributed by atoms with Crippen LogP contribution in [0.2, 0.25) is 0 Å². The van der Waals surface area contributed by atoms with Crippen LogP contribution < -0.4 is 5.32 Å². The van der Waals surface area contributed by atoms with Crippen LogP contribution in [0.25, 0.3) is 0 Å². The fourth-order valence-corrected chi connectivity index (χ4v) is 2.44. The highest BCUT2D eigenvalue weighted by molar-refractivity contribution is 5.80. The molecule has 7 nitrogen and oxygen atoms in total. The second-order valence-corrected chi connectivity index (χ2v) is 5.45. The second-order valence-electron chi connectivity index (χ2n) is 5.45. The summed E-state index contributed by atoms with van der Waals surface area (Å²) in [6.07, 6.45) is 4.71. The van der Waals surface area contributed by atoms with Crippen molar-refractivity contribution in [2.45, 2.75) is 26.3 Å². The normalized spacial score (nSPS) is 15.6. The average Bonchev–Trinajstić information content (AvgIpc) is 2.54. The number of nitrogens with zero attached hydrogens (tertiary/aromatic N) is 3. The monoisotopic (exact) mass is 306 g/mol. The number of hydrogen-bond acceptors (Lipinski definition) is 5. The van der Waals surface area contributed by atoms with Gasteiger partial charge in [-0.15, -0.1) is 0 Å². The molecule has 2 heterocycles. The highest BCUT2D eigenvalue weighted by Gasteiger charge is 2.26. The predicted octanol–water partition coefficient (Wildman–Crippen LogP) is 0.286. The maximum Gasteiger partial charge on any atom is 0.248 e. The molecule has 2 amide bonds. The van der Waals surface area contributed by atoms with E-state index in [-0.39, 0.29) is 24.3 Å². The molecule has 7 heteroatoms. The molecule has 22 heavy (non-hydrogen) atoms. The fourth-order valence-electron chi connectivity index (χ4n) is 2.44. The molecular formula is C15H22N4O3. The first-order chi connectivity index (χ1) is 10.6. The van der Waals surface area contributed by atoms with Crippen LogP contribution in [0.3, 0.4) is 0 Å². The molecule has 1 saturated heterocycles. The van der Waals surface area contributed by atoms with Gasteiger partial charge in [-0.05, 0) is 19.8 Å². The Bertz CT molecular complexity index is 510. The predicted molar refractivity (Wildman–Crippen MR) is 79.8 cm³/mol. The van der Waals surface area contributed by atoms with Gasteiger partial charge in [-0.1, -0.05) is 0 Å². The summed E-state index contributed by atoms with van der Waals surface area (Å²) >= 11 is 0. The van der Waals surface area contributed by atoms with Gasteiger partial charge in [0.05, 0.1) is 24.1 Å². The van der Waals surface area contributed by atoms with Crippen molar-refractivity contribution >= 4 is 11.8 Å². The highest BCUT2D eigenvalue weighted by atomic mass is 16.5. The standard InChI is InChI=1S/C15H22N4O3/c1-11-7-17-13(8-16-11)9-18-15(21)12-3-5-19(6-4-12)14(20)10-22-2/h7-8,12H,3-6,9-10H2,1-2H3,(H,18,21). The number of methoxy groups -OCH3 is 1. The summed E-state index contributed by atoms with van der Waals surface area (Å²) < 4.78 is 4.84. The summed E-state index contributed by atoms with van der Waals surface area (Å²) in [5, 5.41) is 2.89. The molecule has 1 aliphatic heterocycles. The first kappa shape index (κ1) is 16.4. The van der Waals surface area contributed by atoms with E-state index in [0.717, 1.165) is 11.4 Å². The summed E-state index contributed by atoms with van der Waals surface area (Å²) in [5.41, 5.74) is 1.59. The minimum absolute atomic E-state index is 0.0150. The van der Waals surface area contributed by atoms with Crippen molar-refractivity contribution in [3.8, 4) is 0 Å².